The average molecular weight is 242 g/mol. The maximum atomic E-state index is 11.7. The molecule has 2 aromatic rings. The Morgan fingerprint density at radius 3 is 2.56 bits per heavy atom. The van der Waals surface area contributed by atoms with Gasteiger partial charge in [0.2, 0.25) is 0 Å². The number of phenols is 2. The third-order valence-corrected chi connectivity index (χ3v) is 2.99. The standard InChI is InChI=1S/C14H10O4/c15-11-6-5-8(7-12(11)16)13-9-3-1-2-4-10(9)14(17)18-13/h1-7,13,15-16H. The molecule has 0 fully saturated rings. The van der Waals surface area contributed by atoms with Crippen LogP contribution < -0.4 is 0 Å². The Bertz CT molecular complexity index is 633. The van der Waals surface area contributed by atoms with Crippen LogP contribution in [0.15, 0.2) is 42.5 Å². The van der Waals surface area contributed by atoms with Crippen LogP contribution >= 0.6 is 0 Å². The predicted octanol–water partition coefficient (Wildman–Crippen LogP) is 2.36. The van der Waals surface area contributed by atoms with E-state index in [9.17, 15) is 15.0 Å². The third-order valence-electron chi connectivity index (χ3n) is 2.99. The summed E-state index contributed by atoms with van der Waals surface area (Å²) in [7, 11) is 0. The largest absolute Gasteiger partial charge is 0.504 e. The molecule has 2 N–H and O–H groups in total. The highest BCUT2D eigenvalue weighted by Gasteiger charge is 2.31. The van der Waals surface area contributed by atoms with Gasteiger partial charge in [0.05, 0.1) is 5.56 Å². The van der Waals surface area contributed by atoms with E-state index in [-0.39, 0.29) is 17.5 Å². The molecule has 0 aliphatic carbocycles. The summed E-state index contributed by atoms with van der Waals surface area (Å²) in [5.74, 6) is -0.799. The van der Waals surface area contributed by atoms with E-state index in [0.29, 0.717) is 11.1 Å². The van der Waals surface area contributed by atoms with Gasteiger partial charge in [0, 0.05) is 11.1 Å². The molecule has 1 aliphatic heterocycles. The van der Waals surface area contributed by atoms with Crippen LogP contribution in [0.25, 0.3) is 0 Å². The number of carbonyl (C=O) groups is 1. The lowest BCUT2D eigenvalue weighted by Crippen LogP contribution is -2.00. The van der Waals surface area contributed by atoms with E-state index < -0.39 is 6.10 Å². The topological polar surface area (TPSA) is 66.8 Å². The van der Waals surface area contributed by atoms with Crippen molar-refractivity contribution < 1.29 is 19.7 Å². The molecule has 90 valence electrons. The van der Waals surface area contributed by atoms with Gasteiger partial charge in [-0.1, -0.05) is 24.3 Å². The van der Waals surface area contributed by atoms with E-state index in [1.54, 1.807) is 18.2 Å². The smallest absolute Gasteiger partial charge is 0.339 e. The van der Waals surface area contributed by atoms with Crippen molar-refractivity contribution in [1.82, 2.24) is 0 Å². The molecular formula is C14H10O4. The number of hydrogen-bond donors (Lipinski definition) is 2. The Hall–Kier alpha value is -2.49. The molecule has 4 heteroatoms. The van der Waals surface area contributed by atoms with Gasteiger partial charge in [0.25, 0.3) is 0 Å². The molecule has 0 saturated heterocycles. The van der Waals surface area contributed by atoms with Gasteiger partial charge in [-0.05, 0) is 18.2 Å². The molecule has 1 unspecified atom stereocenters. The van der Waals surface area contributed by atoms with E-state index in [4.69, 9.17) is 4.74 Å². The minimum absolute atomic E-state index is 0.198. The zero-order valence-corrected chi connectivity index (χ0v) is 9.33. The van der Waals surface area contributed by atoms with E-state index in [1.807, 2.05) is 12.1 Å². The van der Waals surface area contributed by atoms with Crippen LogP contribution in [0.5, 0.6) is 11.5 Å². The highest BCUT2D eigenvalue weighted by Crippen LogP contribution is 2.38. The summed E-state index contributed by atoms with van der Waals surface area (Å²) in [6.45, 7) is 0. The average Bonchev–Trinajstić information content (AvgIpc) is 2.71. The van der Waals surface area contributed by atoms with Crippen LogP contribution in [0, 0.1) is 0 Å². The van der Waals surface area contributed by atoms with Crippen LogP contribution in [0.1, 0.15) is 27.6 Å². The number of hydrogen-bond acceptors (Lipinski definition) is 4. The lowest BCUT2D eigenvalue weighted by molar-refractivity contribution is 0.0455. The van der Waals surface area contributed by atoms with Crippen molar-refractivity contribution >= 4 is 5.97 Å². The number of benzene rings is 2. The van der Waals surface area contributed by atoms with Crippen molar-refractivity contribution in [3.05, 3.63) is 59.2 Å². The third kappa shape index (κ3) is 1.50. The van der Waals surface area contributed by atoms with Gasteiger partial charge < -0.3 is 14.9 Å². The maximum absolute atomic E-state index is 11.7. The summed E-state index contributed by atoms with van der Waals surface area (Å²) in [4.78, 5) is 11.7. The second-order valence-electron chi connectivity index (χ2n) is 4.12. The highest BCUT2D eigenvalue weighted by atomic mass is 16.5. The molecule has 0 radical (unpaired) electrons. The number of ether oxygens (including phenoxy) is 1. The first-order valence-corrected chi connectivity index (χ1v) is 5.48. The Balaban J connectivity index is 2.09. The molecule has 1 heterocycles. The Kier molecular flexibility index (Phi) is 2.23. The Morgan fingerprint density at radius 1 is 1.00 bits per heavy atom. The zero-order chi connectivity index (χ0) is 12.7. The minimum atomic E-state index is -0.528. The molecule has 0 spiro atoms. The van der Waals surface area contributed by atoms with Gasteiger partial charge in [-0.2, -0.15) is 0 Å². The summed E-state index contributed by atoms with van der Waals surface area (Å²) in [6, 6.07) is 11.5. The second kappa shape index (κ2) is 3.77. The summed E-state index contributed by atoms with van der Waals surface area (Å²) >= 11 is 0. The van der Waals surface area contributed by atoms with Gasteiger partial charge in [0.15, 0.2) is 17.6 Å². The summed E-state index contributed by atoms with van der Waals surface area (Å²) in [6.07, 6.45) is -0.528. The number of carbonyl (C=O) groups excluding carboxylic acids is 1. The molecule has 0 amide bonds. The van der Waals surface area contributed by atoms with E-state index >= 15 is 0 Å². The fourth-order valence-electron chi connectivity index (χ4n) is 2.10. The number of cyclic esters (lactones) is 1. The number of esters is 1. The first-order valence-electron chi connectivity index (χ1n) is 5.48. The minimum Gasteiger partial charge on any atom is -0.504 e. The molecular weight excluding hydrogens is 232 g/mol. The maximum Gasteiger partial charge on any atom is 0.339 e. The summed E-state index contributed by atoms with van der Waals surface area (Å²) < 4.78 is 5.28. The SMILES string of the molecule is O=C1OC(c2ccc(O)c(O)c2)c2ccccc21. The molecule has 0 bridgehead atoms. The quantitative estimate of drug-likeness (QED) is 0.595. The van der Waals surface area contributed by atoms with Crippen molar-refractivity contribution in [2.75, 3.05) is 0 Å². The normalized spacial score (nSPS) is 17.3. The number of aromatic hydroxyl groups is 2. The molecule has 3 rings (SSSR count). The molecule has 0 aromatic heterocycles. The van der Waals surface area contributed by atoms with Crippen molar-refractivity contribution in [3.8, 4) is 11.5 Å². The molecule has 0 saturated carbocycles. The Labute approximate surface area is 103 Å². The number of phenolic OH excluding ortho intramolecular Hbond substituents is 2. The summed E-state index contributed by atoms with van der Waals surface area (Å²) in [5, 5.41) is 18.8. The fraction of sp³-hybridized carbons (Fsp3) is 0.0714. The lowest BCUT2D eigenvalue weighted by atomic mass is 9.99. The summed E-state index contributed by atoms with van der Waals surface area (Å²) in [5.41, 5.74) is 1.94. The van der Waals surface area contributed by atoms with Crippen molar-refractivity contribution in [2.24, 2.45) is 0 Å². The van der Waals surface area contributed by atoms with Gasteiger partial charge in [-0.15, -0.1) is 0 Å². The monoisotopic (exact) mass is 242 g/mol. The number of fused-ring (bicyclic) bond motifs is 1. The first-order chi connectivity index (χ1) is 8.66. The van der Waals surface area contributed by atoms with Gasteiger partial charge in [0.1, 0.15) is 0 Å². The zero-order valence-electron chi connectivity index (χ0n) is 9.33. The van der Waals surface area contributed by atoms with Crippen molar-refractivity contribution in [2.45, 2.75) is 6.10 Å². The van der Waals surface area contributed by atoms with Crippen molar-refractivity contribution in [1.29, 1.82) is 0 Å². The number of rotatable bonds is 1. The van der Waals surface area contributed by atoms with Crippen molar-refractivity contribution in [3.63, 3.8) is 0 Å². The lowest BCUT2D eigenvalue weighted by Gasteiger charge is -2.11. The molecule has 1 aliphatic rings. The molecule has 18 heavy (non-hydrogen) atoms. The molecule has 2 aromatic carbocycles. The molecule has 1 atom stereocenters. The fourth-order valence-corrected chi connectivity index (χ4v) is 2.10. The van der Waals surface area contributed by atoms with E-state index in [0.717, 1.165) is 5.56 Å². The van der Waals surface area contributed by atoms with Crippen LogP contribution in [0.2, 0.25) is 0 Å². The Morgan fingerprint density at radius 2 is 1.78 bits per heavy atom. The van der Waals surface area contributed by atoms with E-state index in [2.05, 4.69) is 0 Å². The first kappa shape index (κ1) is 10.7. The van der Waals surface area contributed by atoms with Gasteiger partial charge in [-0.3, -0.25) is 0 Å². The molecule has 4 nitrogen and oxygen atoms in total. The second-order valence-corrected chi connectivity index (χ2v) is 4.12. The van der Waals surface area contributed by atoms with Crippen LogP contribution in [-0.4, -0.2) is 16.2 Å². The highest BCUT2D eigenvalue weighted by molar-refractivity contribution is 5.94. The van der Waals surface area contributed by atoms with Crippen LogP contribution in [-0.2, 0) is 4.74 Å². The van der Waals surface area contributed by atoms with E-state index in [1.165, 1.54) is 12.1 Å². The van der Waals surface area contributed by atoms with Crippen LogP contribution in [0.4, 0.5) is 0 Å². The van der Waals surface area contributed by atoms with Gasteiger partial charge >= 0.3 is 5.97 Å². The van der Waals surface area contributed by atoms with Gasteiger partial charge in [-0.25, -0.2) is 4.79 Å². The van der Waals surface area contributed by atoms with Crippen LogP contribution in [0.3, 0.4) is 0 Å². The predicted molar refractivity (Wildman–Crippen MR) is 63.5 cm³/mol.